The van der Waals surface area contributed by atoms with E-state index in [1.165, 1.54) is 5.57 Å². The van der Waals surface area contributed by atoms with Crippen LogP contribution in [0.4, 0.5) is 0 Å². The summed E-state index contributed by atoms with van der Waals surface area (Å²) in [5, 5.41) is 4.61. The van der Waals surface area contributed by atoms with E-state index in [4.69, 9.17) is 4.98 Å². The smallest absolute Gasteiger partial charge is 0.258 e. The number of fused-ring (bicyclic) bond motifs is 2. The average Bonchev–Trinajstić information content (AvgIpc) is 3.18. The van der Waals surface area contributed by atoms with Crippen LogP contribution in [-0.4, -0.2) is 48.5 Å². The SMILES string of the molecule is CCN1CC=C(c2ccc3nc(-c4cc5c(C)nc(C)cn5n4)cc(=O)n3c2)CC1. The van der Waals surface area contributed by atoms with Crippen molar-refractivity contribution in [1.29, 1.82) is 0 Å². The molecule has 0 radical (unpaired) electrons. The lowest BCUT2D eigenvalue weighted by Gasteiger charge is -2.25. The first kappa shape index (κ1) is 18.7. The van der Waals surface area contributed by atoms with Gasteiger partial charge >= 0.3 is 0 Å². The highest BCUT2D eigenvalue weighted by molar-refractivity contribution is 5.69. The largest absolute Gasteiger partial charge is 0.300 e. The number of aromatic nitrogens is 5. The molecule has 5 rings (SSSR count). The van der Waals surface area contributed by atoms with Crippen LogP contribution in [0.25, 0.3) is 28.1 Å². The van der Waals surface area contributed by atoms with Gasteiger partial charge in [-0.05, 0) is 56.1 Å². The van der Waals surface area contributed by atoms with E-state index in [0.29, 0.717) is 17.0 Å². The number of hydrogen-bond acceptors (Lipinski definition) is 5. The minimum atomic E-state index is -0.105. The normalized spacial score (nSPS) is 15.1. The van der Waals surface area contributed by atoms with Crippen LogP contribution in [0.1, 0.15) is 30.3 Å². The lowest BCUT2D eigenvalue weighted by atomic mass is 10.0. The molecule has 7 heteroatoms. The van der Waals surface area contributed by atoms with Crippen LogP contribution < -0.4 is 5.56 Å². The monoisotopic (exact) mass is 400 g/mol. The molecule has 7 nitrogen and oxygen atoms in total. The van der Waals surface area contributed by atoms with Gasteiger partial charge in [-0.25, -0.2) is 9.50 Å². The minimum absolute atomic E-state index is 0.105. The molecular weight excluding hydrogens is 376 g/mol. The van der Waals surface area contributed by atoms with Crippen molar-refractivity contribution in [2.24, 2.45) is 0 Å². The van der Waals surface area contributed by atoms with Gasteiger partial charge in [-0.2, -0.15) is 5.10 Å². The Morgan fingerprint density at radius 2 is 1.93 bits per heavy atom. The Bertz CT molecular complexity index is 1360. The topological polar surface area (TPSA) is 67.8 Å². The maximum absolute atomic E-state index is 12.9. The average molecular weight is 400 g/mol. The van der Waals surface area contributed by atoms with E-state index in [1.54, 1.807) is 15.0 Å². The van der Waals surface area contributed by atoms with E-state index < -0.39 is 0 Å². The van der Waals surface area contributed by atoms with E-state index in [0.717, 1.165) is 48.5 Å². The van der Waals surface area contributed by atoms with Gasteiger partial charge in [-0.15, -0.1) is 0 Å². The Labute approximate surface area is 174 Å². The van der Waals surface area contributed by atoms with Gasteiger partial charge in [0.2, 0.25) is 0 Å². The van der Waals surface area contributed by atoms with Crippen molar-refractivity contribution in [3.8, 4) is 11.4 Å². The molecule has 0 aromatic carbocycles. The first-order chi connectivity index (χ1) is 14.5. The fourth-order valence-corrected chi connectivity index (χ4v) is 4.10. The highest BCUT2D eigenvalue weighted by Crippen LogP contribution is 2.23. The minimum Gasteiger partial charge on any atom is -0.300 e. The van der Waals surface area contributed by atoms with Crippen molar-refractivity contribution in [3.63, 3.8) is 0 Å². The third-order valence-corrected chi connectivity index (χ3v) is 5.79. The molecule has 4 aromatic heterocycles. The van der Waals surface area contributed by atoms with Crippen LogP contribution in [0.2, 0.25) is 0 Å². The maximum atomic E-state index is 12.9. The van der Waals surface area contributed by atoms with Crippen LogP contribution in [0.3, 0.4) is 0 Å². The molecule has 0 amide bonds. The molecule has 152 valence electrons. The Balaban J connectivity index is 1.56. The highest BCUT2D eigenvalue weighted by atomic mass is 16.1. The van der Waals surface area contributed by atoms with Crippen LogP contribution in [-0.2, 0) is 0 Å². The van der Waals surface area contributed by atoms with E-state index in [-0.39, 0.29) is 5.56 Å². The Hall–Kier alpha value is -3.32. The zero-order valence-electron chi connectivity index (χ0n) is 17.5. The molecule has 30 heavy (non-hydrogen) atoms. The van der Waals surface area contributed by atoms with E-state index in [1.807, 2.05) is 38.4 Å². The number of hydrogen-bond donors (Lipinski definition) is 0. The second-order valence-electron chi connectivity index (χ2n) is 7.83. The molecule has 0 saturated carbocycles. The van der Waals surface area contributed by atoms with Crippen LogP contribution in [0, 0.1) is 13.8 Å². The summed E-state index contributed by atoms with van der Waals surface area (Å²) in [4.78, 5) is 24.5. The molecule has 0 saturated heterocycles. The van der Waals surface area contributed by atoms with Gasteiger partial charge in [-0.1, -0.05) is 13.0 Å². The van der Waals surface area contributed by atoms with Gasteiger partial charge in [0.15, 0.2) is 0 Å². The third-order valence-electron chi connectivity index (χ3n) is 5.79. The summed E-state index contributed by atoms with van der Waals surface area (Å²) in [6, 6.07) is 7.46. The molecule has 5 heterocycles. The second kappa shape index (κ2) is 7.18. The lowest BCUT2D eigenvalue weighted by molar-refractivity contribution is 0.318. The molecule has 1 aliphatic rings. The molecule has 0 spiro atoms. The van der Waals surface area contributed by atoms with Gasteiger partial charge < -0.3 is 0 Å². The van der Waals surface area contributed by atoms with Crippen molar-refractivity contribution in [2.45, 2.75) is 27.2 Å². The first-order valence-electron chi connectivity index (χ1n) is 10.3. The van der Waals surface area contributed by atoms with Gasteiger partial charge in [0.25, 0.3) is 5.56 Å². The van der Waals surface area contributed by atoms with E-state index >= 15 is 0 Å². The predicted molar refractivity (Wildman–Crippen MR) is 118 cm³/mol. The van der Waals surface area contributed by atoms with Crippen molar-refractivity contribution in [3.05, 3.63) is 70.0 Å². The van der Waals surface area contributed by atoms with Crippen LogP contribution >= 0.6 is 0 Å². The quantitative estimate of drug-likeness (QED) is 0.529. The highest BCUT2D eigenvalue weighted by Gasteiger charge is 2.14. The zero-order chi connectivity index (χ0) is 20.8. The fourth-order valence-electron chi connectivity index (χ4n) is 4.10. The third kappa shape index (κ3) is 3.21. The molecule has 0 fully saturated rings. The molecule has 0 bridgehead atoms. The van der Waals surface area contributed by atoms with Crippen molar-refractivity contribution < 1.29 is 0 Å². The number of nitrogens with zero attached hydrogens (tertiary/aromatic N) is 6. The van der Waals surface area contributed by atoms with Crippen LogP contribution in [0.5, 0.6) is 0 Å². The number of rotatable bonds is 3. The summed E-state index contributed by atoms with van der Waals surface area (Å²) in [7, 11) is 0. The van der Waals surface area contributed by atoms with Gasteiger partial charge in [-0.3, -0.25) is 19.1 Å². The summed E-state index contributed by atoms with van der Waals surface area (Å²) in [6.07, 6.45) is 7.04. The summed E-state index contributed by atoms with van der Waals surface area (Å²) >= 11 is 0. The molecule has 0 unspecified atom stereocenters. The second-order valence-corrected chi connectivity index (χ2v) is 7.83. The lowest BCUT2D eigenvalue weighted by Crippen LogP contribution is -2.28. The molecule has 1 aliphatic heterocycles. The Morgan fingerprint density at radius 1 is 1.07 bits per heavy atom. The Morgan fingerprint density at radius 3 is 2.70 bits per heavy atom. The van der Waals surface area contributed by atoms with Gasteiger partial charge in [0.05, 0.1) is 28.8 Å². The van der Waals surface area contributed by atoms with Crippen molar-refractivity contribution in [2.75, 3.05) is 19.6 Å². The Kier molecular flexibility index (Phi) is 4.47. The fraction of sp³-hybridized carbons (Fsp3) is 0.304. The molecule has 4 aromatic rings. The van der Waals surface area contributed by atoms with E-state index in [2.05, 4.69) is 34.0 Å². The predicted octanol–water partition coefficient (Wildman–Crippen LogP) is 3.13. The molecule has 0 aliphatic carbocycles. The van der Waals surface area contributed by atoms with Crippen LogP contribution in [0.15, 0.2) is 47.5 Å². The summed E-state index contributed by atoms with van der Waals surface area (Å²) in [5.41, 5.74) is 6.84. The summed E-state index contributed by atoms with van der Waals surface area (Å²) in [6.45, 7) is 9.14. The molecular formula is C23H24N6O. The maximum Gasteiger partial charge on any atom is 0.258 e. The van der Waals surface area contributed by atoms with Gasteiger partial charge in [0, 0.05) is 25.4 Å². The molecule has 0 N–H and O–H groups in total. The van der Waals surface area contributed by atoms with Gasteiger partial charge in [0.1, 0.15) is 11.3 Å². The first-order valence-corrected chi connectivity index (χ1v) is 10.3. The summed E-state index contributed by atoms with van der Waals surface area (Å²) in [5.74, 6) is 0. The summed E-state index contributed by atoms with van der Waals surface area (Å²) < 4.78 is 3.42. The number of aryl methyl sites for hydroxylation is 2. The van der Waals surface area contributed by atoms with Crippen molar-refractivity contribution in [1.82, 2.24) is 28.9 Å². The van der Waals surface area contributed by atoms with Crippen molar-refractivity contribution >= 4 is 16.7 Å². The number of pyridine rings is 1. The molecule has 0 atom stereocenters. The zero-order valence-corrected chi connectivity index (χ0v) is 17.5. The standard InChI is InChI=1S/C23H24N6O/c1-4-27-9-7-17(8-10-27)18-5-6-22-25-19(12-23(30)28(22)14-18)20-11-21-16(3)24-15(2)13-29(21)26-20/h5-7,11-14H,4,8-10H2,1-3H3. The number of likely N-dealkylation sites (N-methyl/N-ethyl adjacent to an activating group) is 1. The van der Waals surface area contributed by atoms with E-state index in [9.17, 15) is 4.79 Å².